The lowest BCUT2D eigenvalue weighted by atomic mass is 10.1. The molecule has 0 spiro atoms. The van der Waals surface area contributed by atoms with Crippen LogP contribution in [0.25, 0.3) is 0 Å². The van der Waals surface area contributed by atoms with E-state index < -0.39 is 19.7 Å². The lowest BCUT2D eigenvalue weighted by Crippen LogP contribution is -1.91. The number of carbonyl (C=O) groups is 1. The van der Waals surface area contributed by atoms with Gasteiger partial charge in [-0.05, 0) is 31.1 Å². The normalized spacial score (nSPS) is 17.4. The number of benzene rings is 1. The van der Waals surface area contributed by atoms with E-state index in [2.05, 4.69) is 4.74 Å². The number of carbonyl (C=O) groups excluding carboxylic acids is 1. The average Bonchev–Trinajstić information content (AvgIpc) is 2.15. The van der Waals surface area contributed by atoms with Gasteiger partial charge in [0.15, 0.2) is 5.78 Å². The minimum absolute atomic E-state index is 0.114. The summed E-state index contributed by atoms with van der Waals surface area (Å²) < 4.78 is 39.0. The number of rotatable bonds is 2. The van der Waals surface area contributed by atoms with E-state index in [1.807, 2.05) is 0 Å². The molecule has 0 saturated heterocycles. The van der Waals surface area contributed by atoms with Crippen LogP contribution in [0.2, 0.25) is 0 Å². The summed E-state index contributed by atoms with van der Waals surface area (Å²) in [4.78, 5) is 11.2. The largest absolute Gasteiger partial charge is 0.497 e. The third-order valence-electron chi connectivity index (χ3n) is 1.26. The number of hydrogen-bond acceptors (Lipinski definition) is 2. The Hall–Kier alpha value is -1.31. The van der Waals surface area contributed by atoms with Gasteiger partial charge in [0.25, 0.3) is 0 Å². The van der Waals surface area contributed by atoms with Crippen molar-refractivity contribution in [3.8, 4) is 5.75 Å². The van der Waals surface area contributed by atoms with Gasteiger partial charge in [0.1, 0.15) is 5.75 Å². The first kappa shape index (κ1) is 3.39. The van der Waals surface area contributed by atoms with E-state index in [1.54, 1.807) is 0 Å². The van der Waals surface area contributed by atoms with Gasteiger partial charge < -0.3 is 4.74 Å². The molecule has 58 valence electrons. The van der Waals surface area contributed by atoms with E-state index in [4.69, 9.17) is 6.85 Å². The molecule has 0 atom stereocenters. The number of ketones is 1. The topological polar surface area (TPSA) is 26.3 Å². The van der Waals surface area contributed by atoms with Crippen molar-refractivity contribution in [3.05, 3.63) is 29.8 Å². The average molecular weight is 155 g/mol. The molecule has 0 aliphatic carbocycles. The fourth-order valence-corrected chi connectivity index (χ4v) is 0.687. The summed E-state index contributed by atoms with van der Waals surface area (Å²) in [5.41, 5.74) is 0.188. The summed E-state index contributed by atoms with van der Waals surface area (Å²) in [7, 11) is -2.53. The lowest BCUT2D eigenvalue weighted by molar-refractivity contribution is 0.101. The molecule has 0 amide bonds. The maximum absolute atomic E-state index is 11.2. The molecule has 0 saturated carbocycles. The van der Waals surface area contributed by atoms with Gasteiger partial charge in [-0.25, -0.2) is 0 Å². The molecular formula is C9H10O2. The van der Waals surface area contributed by atoms with Crippen molar-refractivity contribution < 1.29 is 16.4 Å². The highest BCUT2D eigenvalue weighted by atomic mass is 16.5. The maximum atomic E-state index is 11.2. The molecule has 1 aromatic carbocycles. The predicted octanol–water partition coefficient (Wildman–Crippen LogP) is 1.90. The van der Waals surface area contributed by atoms with Gasteiger partial charge in [0.05, 0.1) is 11.2 Å². The van der Waals surface area contributed by atoms with Crippen molar-refractivity contribution in [3.63, 3.8) is 0 Å². The van der Waals surface area contributed by atoms with Gasteiger partial charge in [0.2, 0.25) is 0 Å². The van der Waals surface area contributed by atoms with Crippen LogP contribution in [-0.2, 0) is 0 Å². The Morgan fingerprint density at radius 3 is 2.73 bits per heavy atom. The summed E-state index contributed by atoms with van der Waals surface area (Å²) in [6, 6.07) is 5.31. The van der Waals surface area contributed by atoms with Crippen LogP contribution in [0.3, 0.4) is 0 Å². The number of hydrogen-bond donors (Lipinski definition) is 0. The quantitative estimate of drug-likeness (QED) is 0.610. The molecule has 2 nitrogen and oxygen atoms in total. The van der Waals surface area contributed by atoms with E-state index >= 15 is 0 Å². The second-order valence-corrected chi connectivity index (χ2v) is 1.99. The van der Waals surface area contributed by atoms with Crippen molar-refractivity contribution in [2.75, 3.05) is 7.04 Å². The van der Waals surface area contributed by atoms with Gasteiger partial charge in [0, 0.05) is 8.30 Å². The molecule has 0 unspecified atom stereocenters. The van der Waals surface area contributed by atoms with Crippen molar-refractivity contribution in [1.29, 1.82) is 0 Å². The Morgan fingerprint density at radius 1 is 1.45 bits per heavy atom. The van der Waals surface area contributed by atoms with E-state index in [1.165, 1.54) is 24.3 Å². The zero-order valence-electron chi connectivity index (χ0n) is 10.7. The van der Waals surface area contributed by atoms with E-state index in [-0.39, 0.29) is 11.3 Å². The number of ether oxygens (including phenoxy) is 1. The van der Waals surface area contributed by atoms with Crippen molar-refractivity contribution in [2.24, 2.45) is 0 Å². The Kier molecular flexibility index (Phi) is 0.984. The summed E-state index contributed by atoms with van der Waals surface area (Å²) in [5, 5.41) is 0. The monoisotopic (exact) mass is 155 g/mol. The highest BCUT2D eigenvalue weighted by Gasteiger charge is 1.97. The molecule has 1 aromatic rings. The zero-order chi connectivity index (χ0) is 12.3. The Bertz CT molecular complexity index is 368. The van der Waals surface area contributed by atoms with Crippen LogP contribution in [0.15, 0.2) is 24.3 Å². The van der Waals surface area contributed by atoms with Crippen LogP contribution < -0.4 is 4.74 Å². The molecular weight excluding hydrogens is 140 g/mol. The highest BCUT2D eigenvalue weighted by Crippen LogP contribution is 2.11. The van der Waals surface area contributed by atoms with Crippen molar-refractivity contribution in [2.45, 2.75) is 6.88 Å². The molecule has 11 heavy (non-hydrogen) atoms. The Morgan fingerprint density at radius 2 is 2.18 bits per heavy atom. The van der Waals surface area contributed by atoms with Gasteiger partial charge >= 0.3 is 0 Å². The summed E-state index contributed by atoms with van der Waals surface area (Å²) in [5.74, 6) is -0.525. The molecule has 0 N–H and O–H groups in total. The molecule has 2 heteroatoms. The highest BCUT2D eigenvalue weighted by molar-refractivity contribution is 5.94. The van der Waals surface area contributed by atoms with Gasteiger partial charge in [-0.15, -0.1) is 0 Å². The first-order chi connectivity index (χ1) is 7.29. The SMILES string of the molecule is [2H]C([2H])C(=O)c1ccc(OC([2H])([2H])[2H])cc1. The molecule has 0 fully saturated rings. The third-order valence-corrected chi connectivity index (χ3v) is 1.26. The smallest absolute Gasteiger partial charge is 0.159 e. The second-order valence-electron chi connectivity index (χ2n) is 1.99. The predicted molar refractivity (Wildman–Crippen MR) is 43.0 cm³/mol. The summed E-state index contributed by atoms with van der Waals surface area (Å²) >= 11 is 0. The summed E-state index contributed by atoms with van der Waals surface area (Å²) in [6.45, 7) is -1.57. The number of methoxy groups -OCH3 is 1. The zero-order valence-corrected chi connectivity index (χ0v) is 5.70. The fraction of sp³-hybridized carbons (Fsp3) is 0.222. The fourth-order valence-electron chi connectivity index (χ4n) is 0.687. The standard InChI is InChI=1S/C9H10O2/c1-7(10)8-3-5-9(11-2)6-4-8/h3-6H,1-2H3/i1D2,2D3. The van der Waals surface area contributed by atoms with Gasteiger partial charge in [-0.2, -0.15) is 0 Å². The summed E-state index contributed by atoms with van der Waals surface area (Å²) in [6.07, 6.45) is 0. The minimum atomic E-state index is -2.53. The molecule has 0 aliphatic rings. The Balaban J connectivity index is 2.80. The van der Waals surface area contributed by atoms with Crippen molar-refractivity contribution >= 4 is 5.78 Å². The van der Waals surface area contributed by atoms with Crippen LogP contribution in [0.4, 0.5) is 0 Å². The molecule has 0 aromatic heterocycles. The Labute approximate surface area is 72.8 Å². The van der Waals surface area contributed by atoms with E-state index in [0.29, 0.717) is 0 Å². The van der Waals surface area contributed by atoms with Crippen LogP contribution in [-0.4, -0.2) is 12.8 Å². The first-order valence-electron chi connectivity index (χ1n) is 5.63. The van der Waals surface area contributed by atoms with Crippen LogP contribution >= 0.6 is 0 Å². The third kappa shape index (κ3) is 1.80. The lowest BCUT2D eigenvalue weighted by Gasteiger charge is -1.98. The number of Topliss-reactive ketones (excluding diaryl/α,β-unsaturated/α-hetero) is 1. The molecule has 1 rings (SSSR count). The van der Waals surface area contributed by atoms with Gasteiger partial charge in [-0.3, -0.25) is 4.79 Å². The van der Waals surface area contributed by atoms with Crippen LogP contribution in [0, 0.1) is 0 Å². The van der Waals surface area contributed by atoms with Crippen LogP contribution in [0.1, 0.15) is 24.1 Å². The van der Waals surface area contributed by atoms with E-state index in [9.17, 15) is 4.79 Å². The van der Waals surface area contributed by atoms with Gasteiger partial charge in [-0.1, -0.05) is 0 Å². The second kappa shape index (κ2) is 3.19. The first-order valence-corrected chi connectivity index (χ1v) is 2.97. The maximum Gasteiger partial charge on any atom is 0.159 e. The molecule has 0 heterocycles. The molecule has 0 aliphatic heterocycles. The molecule has 0 bridgehead atoms. The minimum Gasteiger partial charge on any atom is -0.497 e. The van der Waals surface area contributed by atoms with Crippen LogP contribution in [0.5, 0.6) is 5.75 Å². The van der Waals surface area contributed by atoms with Crippen molar-refractivity contribution in [1.82, 2.24) is 0 Å². The van der Waals surface area contributed by atoms with E-state index in [0.717, 1.165) is 0 Å². The molecule has 0 radical (unpaired) electrons.